The number of fused-ring (bicyclic) bond motifs is 1. The van der Waals surface area contributed by atoms with E-state index in [1.807, 2.05) is 13.0 Å². The Hall–Kier alpha value is -1.62. The van der Waals surface area contributed by atoms with Crippen LogP contribution in [0.3, 0.4) is 0 Å². The monoisotopic (exact) mass is 246 g/mol. The van der Waals surface area contributed by atoms with E-state index in [4.69, 9.17) is 0 Å². The van der Waals surface area contributed by atoms with Gasteiger partial charge in [-0.05, 0) is 31.0 Å². The lowest BCUT2D eigenvalue weighted by molar-refractivity contribution is -0.0512. The third-order valence-electron chi connectivity index (χ3n) is 4.06. The summed E-state index contributed by atoms with van der Waals surface area (Å²) in [6.07, 6.45) is 2.10. The van der Waals surface area contributed by atoms with E-state index in [1.54, 1.807) is 10.8 Å². The molecule has 2 atom stereocenters. The molecule has 0 aliphatic heterocycles. The minimum atomic E-state index is -0.231. The molecule has 3 rings (SSSR count). The Kier molecular flexibility index (Phi) is 2.35. The first kappa shape index (κ1) is 11.5. The van der Waals surface area contributed by atoms with Crippen LogP contribution in [0.15, 0.2) is 18.5 Å². The van der Waals surface area contributed by atoms with Gasteiger partial charge in [-0.15, -0.1) is 0 Å². The summed E-state index contributed by atoms with van der Waals surface area (Å²) in [5.41, 5.74) is 1.89. The molecule has 96 valence electrons. The minimum Gasteiger partial charge on any atom is -0.392 e. The number of aliphatic hydroxyl groups excluding tert-OH is 1. The molecule has 2 aromatic heterocycles. The number of nitrogens with zero attached hydrogens (tertiary/aromatic N) is 3. The van der Waals surface area contributed by atoms with Gasteiger partial charge in [0.2, 0.25) is 0 Å². The van der Waals surface area contributed by atoms with Crippen LogP contribution in [0.5, 0.6) is 0 Å². The summed E-state index contributed by atoms with van der Waals surface area (Å²) in [6, 6.07) is 4.32. The van der Waals surface area contributed by atoms with Gasteiger partial charge < -0.3 is 10.4 Å². The number of aromatic nitrogens is 3. The molecule has 2 aromatic rings. The van der Waals surface area contributed by atoms with Gasteiger partial charge in [0.25, 0.3) is 0 Å². The van der Waals surface area contributed by atoms with Gasteiger partial charge in [0, 0.05) is 11.5 Å². The summed E-state index contributed by atoms with van der Waals surface area (Å²) in [4.78, 5) is 4.21. The third kappa shape index (κ3) is 1.58. The molecule has 2 N–H and O–H groups in total. The quantitative estimate of drug-likeness (QED) is 0.845. The van der Waals surface area contributed by atoms with Gasteiger partial charge in [-0.2, -0.15) is 9.61 Å². The maximum Gasteiger partial charge on any atom is 0.157 e. The van der Waals surface area contributed by atoms with Crippen LogP contribution in [-0.2, 0) is 0 Å². The van der Waals surface area contributed by atoms with Crippen molar-refractivity contribution < 1.29 is 5.11 Å². The summed E-state index contributed by atoms with van der Waals surface area (Å²) < 4.78 is 1.80. The van der Waals surface area contributed by atoms with Crippen molar-refractivity contribution in [3.8, 4) is 0 Å². The van der Waals surface area contributed by atoms with E-state index in [9.17, 15) is 5.11 Å². The maximum absolute atomic E-state index is 9.78. The number of hydrogen-bond donors (Lipinski definition) is 2. The predicted octanol–water partition coefficient (Wildman–Crippen LogP) is 1.61. The topological polar surface area (TPSA) is 62.5 Å². The molecule has 5 heteroatoms. The molecular weight excluding hydrogens is 228 g/mol. The van der Waals surface area contributed by atoms with Gasteiger partial charge >= 0.3 is 0 Å². The fourth-order valence-corrected chi connectivity index (χ4v) is 2.49. The first-order valence-corrected chi connectivity index (χ1v) is 6.23. The third-order valence-corrected chi connectivity index (χ3v) is 4.06. The lowest BCUT2D eigenvalue weighted by Gasteiger charge is -2.49. The lowest BCUT2D eigenvalue weighted by atomic mass is 9.64. The van der Waals surface area contributed by atoms with E-state index in [1.165, 1.54) is 0 Å². The fourth-order valence-electron chi connectivity index (χ4n) is 2.49. The average Bonchev–Trinajstić information content (AvgIpc) is 2.76. The fraction of sp³-hybridized carbons (Fsp3) is 0.538. The second-order valence-electron chi connectivity index (χ2n) is 5.72. The van der Waals surface area contributed by atoms with Crippen LogP contribution in [0.25, 0.3) is 5.65 Å². The molecule has 18 heavy (non-hydrogen) atoms. The van der Waals surface area contributed by atoms with Gasteiger partial charge in [0.1, 0.15) is 12.1 Å². The molecule has 1 saturated carbocycles. The largest absolute Gasteiger partial charge is 0.392 e. The SMILES string of the molecule is Cc1cc(NC2CC(O)C2(C)C)n2ncnc2c1. The summed E-state index contributed by atoms with van der Waals surface area (Å²) in [6.45, 7) is 6.20. The summed E-state index contributed by atoms with van der Waals surface area (Å²) in [5.74, 6) is 0.937. The summed E-state index contributed by atoms with van der Waals surface area (Å²) in [5, 5.41) is 17.5. The van der Waals surface area contributed by atoms with Crippen molar-refractivity contribution in [2.75, 3.05) is 5.32 Å². The van der Waals surface area contributed by atoms with Crippen molar-refractivity contribution in [3.63, 3.8) is 0 Å². The number of aryl methyl sites for hydroxylation is 1. The van der Waals surface area contributed by atoms with E-state index in [0.717, 1.165) is 23.4 Å². The summed E-state index contributed by atoms with van der Waals surface area (Å²) in [7, 11) is 0. The molecule has 1 aliphatic carbocycles. The second-order valence-corrected chi connectivity index (χ2v) is 5.72. The first-order chi connectivity index (χ1) is 8.48. The Balaban J connectivity index is 1.93. The van der Waals surface area contributed by atoms with E-state index < -0.39 is 0 Å². The molecule has 0 bridgehead atoms. The van der Waals surface area contributed by atoms with Crippen molar-refractivity contribution in [3.05, 3.63) is 24.0 Å². The number of anilines is 1. The Labute approximate surface area is 106 Å². The van der Waals surface area contributed by atoms with Gasteiger partial charge in [-0.1, -0.05) is 13.8 Å². The normalized spacial score (nSPS) is 26.0. The molecule has 2 unspecified atom stereocenters. The number of nitrogens with one attached hydrogen (secondary N) is 1. The molecule has 0 saturated heterocycles. The zero-order valence-corrected chi connectivity index (χ0v) is 10.9. The van der Waals surface area contributed by atoms with E-state index >= 15 is 0 Å². The minimum absolute atomic E-state index is 0.101. The maximum atomic E-state index is 9.78. The Bertz CT molecular complexity index is 590. The highest BCUT2D eigenvalue weighted by Crippen LogP contribution is 2.42. The highest BCUT2D eigenvalue weighted by atomic mass is 16.3. The molecular formula is C13H18N4O. The number of aliphatic hydroxyl groups is 1. The molecule has 5 nitrogen and oxygen atoms in total. The van der Waals surface area contributed by atoms with Crippen LogP contribution in [0, 0.1) is 12.3 Å². The van der Waals surface area contributed by atoms with Crippen molar-refractivity contribution in [1.82, 2.24) is 14.6 Å². The molecule has 1 fully saturated rings. The highest BCUT2D eigenvalue weighted by molar-refractivity contribution is 5.52. The Morgan fingerprint density at radius 2 is 2.22 bits per heavy atom. The van der Waals surface area contributed by atoms with Gasteiger partial charge in [-0.25, -0.2) is 4.98 Å². The summed E-state index contributed by atoms with van der Waals surface area (Å²) >= 11 is 0. The van der Waals surface area contributed by atoms with Crippen LogP contribution in [0.4, 0.5) is 5.82 Å². The number of hydrogen-bond acceptors (Lipinski definition) is 4. The second kappa shape index (κ2) is 3.68. The molecule has 1 aliphatic rings. The van der Waals surface area contributed by atoms with Gasteiger partial charge in [0.15, 0.2) is 5.65 Å². The molecule has 0 spiro atoms. The van der Waals surface area contributed by atoms with Crippen molar-refractivity contribution in [2.24, 2.45) is 5.41 Å². The number of pyridine rings is 1. The Morgan fingerprint density at radius 3 is 2.89 bits per heavy atom. The Morgan fingerprint density at radius 1 is 1.44 bits per heavy atom. The van der Waals surface area contributed by atoms with Crippen molar-refractivity contribution >= 4 is 11.5 Å². The van der Waals surface area contributed by atoms with E-state index in [2.05, 4.69) is 35.3 Å². The van der Waals surface area contributed by atoms with Crippen LogP contribution in [-0.4, -0.2) is 31.9 Å². The average molecular weight is 246 g/mol. The van der Waals surface area contributed by atoms with Crippen LogP contribution < -0.4 is 5.32 Å². The van der Waals surface area contributed by atoms with Crippen LogP contribution in [0.1, 0.15) is 25.8 Å². The molecule has 0 aromatic carbocycles. The van der Waals surface area contributed by atoms with Gasteiger partial charge in [0.05, 0.1) is 6.10 Å². The van der Waals surface area contributed by atoms with Crippen LogP contribution >= 0.6 is 0 Å². The van der Waals surface area contributed by atoms with E-state index in [0.29, 0.717) is 0 Å². The zero-order chi connectivity index (χ0) is 12.9. The molecule has 0 radical (unpaired) electrons. The zero-order valence-electron chi connectivity index (χ0n) is 10.9. The predicted molar refractivity (Wildman–Crippen MR) is 69.5 cm³/mol. The standard InChI is InChI=1S/C13H18N4O/c1-8-4-11-14-7-15-17(11)12(5-8)16-9-6-10(18)13(9,2)3/h4-5,7,9-10,16,18H,6H2,1-3H3. The number of rotatable bonds is 2. The van der Waals surface area contributed by atoms with Crippen molar-refractivity contribution in [2.45, 2.75) is 39.3 Å². The molecule has 2 heterocycles. The smallest absolute Gasteiger partial charge is 0.157 e. The van der Waals surface area contributed by atoms with Gasteiger partial charge in [-0.3, -0.25) is 0 Å². The van der Waals surface area contributed by atoms with E-state index in [-0.39, 0.29) is 17.6 Å². The molecule has 0 amide bonds. The lowest BCUT2D eigenvalue weighted by Crippen LogP contribution is -2.57. The van der Waals surface area contributed by atoms with Crippen LogP contribution in [0.2, 0.25) is 0 Å². The first-order valence-electron chi connectivity index (χ1n) is 6.23. The van der Waals surface area contributed by atoms with Crippen molar-refractivity contribution in [1.29, 1.82) is 0 Å². The highest BCUT2D eigenvalue weighted by Gasteiger charge is 2.47.